The van der Waals surface area contributed by atoms with Gasteiger partial charge in [0.1, 0.15) is 5.54 Å². The van der Waals surface area contributed by atoms with Gasteiger partial charge in [-0.1, -0.05) is 20.3 Å². The van der Waals surface area contributed by atoms with Crippen LogP contribution in [0.15, 0.2) is 0 Å². The summed E-state index contributed by atoms with van der Waals surface area (Å²) in [4.78, 5) is 14.5. The summed E-state index contributed by atoms with van der Waals surface area (Å²) in [5, 5.41) is 13.1. The highest BCUT2D eigenvalue weighted by Gasteiger charge is 2.45. The van der Waals surface area contributed by atoms with Crippen LogP contribution in [0.2, 0.25) is 0 Å². The van der Waals surface area contributed by atoms with Crippen LogP contribution in [0.4, 0.5) is 0 Å². The van der Waals surface area contributed by atoms with Crippen LogP contribution >= 0.6 is 0 Å². The summed E-state index contributed by atoms with van der Waals surface area (Å²) in [5.41, 5.74) is -0.682. The van der Waals surface area contributed by atoms with Gasteiger partial charge < -0.3 is 10.4 Å². The smallest absolute Gasteiger partial charge is 0.323 e. The highest BCUT2D eigenvalue weighted by atomic mass is 16.4. The average Bonchev–Trinajstić information content (AvgIpc) is 3.30. The average molecular weight is 296 g/mol. The first kappa shape index (κ1) is 16.8. The lowest BCUT2D eigenvalue weighted by molar-refractivity contribution is -0.147. The van der Waals surface area contributed by atoms with E-state index in [0.717, 1.165) is 44.8 Å². The SMILES string of the molecule is CCCCN(C1CC1)C1CCCC(NCCC)(C(=O)O)C1. The molecule has 2 unspecified atom stereocenters. The minimum atomic E-state index is -0.682. The molecule has 0 radical (unpaired) electrons. The van der Waals surface area contributed by atoms with E-state index in [0.29, 0.717) is 6.04 Å². The fourth-order valence-electron chi connectivity index (χ4n) is 3.73. The van der Waals surface area contributed by atoms with Gasteiger partial charge in [0.2, 0.25) is 0 Å². The van der Waals surface area contributed by atoms with Gasteiger partial charge in [-0.05, 0) is 64.5 Å². The molecule has 0 aromatic heterocycles. The van der Waals surface area contributed by atoms with Gasteiger partial charge >= 0.3 is 5.97 Å². The molecule has 2 atom stereocenters. The Kier molecular flexibility index (Phi) is 6.06. The lowest BCUT2D eigenvalue weighted by Gasteiger charge is -2.43. The lowest BCUT2D eigenvalue weighted by atomic mass is 9.78. The van der Waals surface area contributed by atoms with Crippen molar-refractivity contribution >= 4 is 5.97 Å². The van der Waals surface area contributed by atoms with Crippen molar-refractivity contribution in [3.05, 3.63) is 0 Å². The molecule has 0 spiro atoms. The second kappa shape index (κ2) is 7.59. The number of hydrogen-bond acceptors (Lipinski definition) is 3. The molecule has 2 aliphatic rings. The van der Waals surface area contributed by atoms with Crippen LogP contribution in [0.1, 0.15) is 71.6 Å². The quantitative estimate of drug-likeness (QED) is 0.687. The molecular formula is C17H32N2O2. The maximum absolute atomic E-state index is 11.9. The molecule has 2 saturated carbocycles. The minimum Gasteiger partial charge on any atom is -0.480 e. The minimum absolute atomic E-state index is 0.457. The van der Waals surface area contributed by atoms with Gasteiger partial charge in [0.15, 0.2) is 0 Å². The zero-order valence-electron chi connectivity index (χ0n) is 13.7. The van der Waals surface area contributed by atoms with E-state index >= 15 is 0 Å². The predicted molar refractivity (Wildman–Crippen MR) is 85.6 cm³/mol. The molecule has 2 rings (SSSR count). The van der Waals surface area contributed by atoms with Crippen molar-refractivity contribution in [1.82, 2.24) is 10.2 Å². The number of rotatable bonds is 9. The van der Waals surface area contributed by atoms with Crippen molar-refractivity contribution in [3.63, 3.8) is 0 Å². The van der Waals surface area contributed by atoms with E-state index in [9.17, 15) is 9.90 Å². The van der Waals surface area contributed by atoms with Gasteiger partial charge in [-0.15, -0.1) is 0 Å². The van der Waals surface area contributed by atoms with E-state index in [2.05, 4.69) is 24.1 Å². The van der Waals surface area contributed by atoms with E-state index in [4.69, 9.17) is 0 Å². The maximum Gasteiger partial charge on any atom is 0.323 e. The molecule has 0 bridgehead atoms. The predicted octanol–water partition coefficient (Wildman–Crippen LogP) is 3.02. The first-order valence-electron chi connectivity index (χ1n) is 8.87. The molecule has 0 aromatic rings. The number of carboxylic acid groups (broad SMARTS) is 1. The van der Waals surface area contributed by atoms with E-state index in [-0.39, 0.29) is 0 Å². The maximum atomic E-state index is 11.9. The third kappa shape index (κ3) is 4.19. The van der Waals surface area contributed by atoms with Crippen molar-refractivity contribution in [3.8, 4) is 0 Å². The highest BCUT2D eigenvalue weighted by Crippen LogP contribution is 2.37. The Morgan fingerprint density at radius 2 is 2.00 bits per heavy atom. The fourth-order valence-corrected chi connectivity index (χ4v) is 3.73. The Morgan fingerprint density at radius 3 is 2.57 bits per heavy atom. The van der Waals surface area contributed by atoms with Crippen molar-refractivity contribution in [2.45, 2.75) is 89.3 Å². The molecule has 4 nitrogen and oxygen atoms in total. The van der Waals surface area contributed by atoms with Crippen LogP contribution < -0.4 is 5.32 Å². The normalized spacial score (nSPS) is 29.8. The summed E-state index contributed by atoms with van der Waals surface area (Å²) in [6.45, 7) is 6.28. The Morgan fingerprint density at radius 1 is 1.24 bits per heavy atom. The van der Waals surface area contributed by atoms with Crippen molar-refractivity contribution in [2.75, 3.05) is 13.1 Å². The van der Waals surface area contributed by atoms with E-state index in [1.165, 1.54) is 32.1 Å². The van der Waals surface area contributed by atoms with Crippen molar-refractivity contribution in [1.29, 1.82) is 0 Å². The topological polar surface area (TPSA) is 52.6 Å². The van der Waals surface area contributed by atoms with Gasteiger partial charge in [-0.2, -0.15) is 0 Å². The van der Waals surface area contributed by atoms with E-state index in [1.807, 2.05) is 0 Å². The Bertz CT molecular complexity index is 344. The van der Waals surface area contributed by atoms with Crippen molar-refractivity contribution in [2.24, 2.45) is 0 Å². The summed E-state index contributed by atoms with van der Waals surface area (Å²) in [6, 6.07) is 1.19. The van der Waals surface area contributed by atoms with Gasteiger partial charge in [0.25, 0.3) is 0 Å². The summed E-state index contributed by atoms with van der Waals surface area (Å²) in [6.07, 6.45) is 9.82. The van der Waals surface area contributed by atoms with E-state index in [1.54, 1.807) is 0 Å². The Labute approximate surface area is 129 Å². The van der Waals surface area contributed by atoms with Crippen LogP contribution in [0.5, 0.6) is 0 Å². The molecule has 0 aromatic carbocycles. The zero-order chi connectivity index (χ0) is 15.3. The summed E-state index contributed by atoms with van der Waals surface area (Å²) >= 11 is 0. The molecule has 0 heterocycles. The first-order valence-corrected chi connectivity index (χ1v) is 8.87. The zero-order valence-corrected chi connectivity index (χ0v) is 13.7. The molecule has 2 aliphatic carbocycles. The van der Waals surface area contributed by atoms with Crippen LogP contribution in [0, 0.1) is 0 Å². The van der Waals surface area contributed by atoms with Crippen LogP contribution in [0.3, 0.4) is 0 Å². The molecule has 122 valence electrons. The van der Waals surface area contributed by atoms with Crippen molar-refractivity contribution < 1.29 is 9.90 Å². The second-order valence-electron chi connectivity index (χ2n) is 6.89. The van der Waals surface area contributed by atoms with Gasteiger partial charge in [0, 0.05) is 12.1 Å². The third-order valence-corrected chi connectivity index (χ3v) is 5.10. The number of carbonyl (C=O) groups is 1. The van der Waals surface area contributed by atoms with Crippen LogP contribution in [-0.4, -0.2) is 46.7 Å². The molecular weight excluding hydrogens is 264 g/mol. The number of nitrogens with one attached hydrogen (secondary N) is 1. The monoisotopic (exact) mass is 296 g/mol. The molecule has 0 amide bonds. The molecule has 0 aliphatic heterocycles. The second-order valence-corrected chi connectivity index (χ2v) is 6.89. The molecule has 2 fully saturated rings. The summed E-state index contributed by atoms with van der Waals surface area (Å²) in [5.74, 6) is -0.646. The van der Waals surface area contributed by atoms with Gasteiger partial charge in [-0.25, -0.2) is 0 Å². The first-order chi connectivity index (χ1) is 10.1. The Hall–Kier alpha value is -0.610. The highest BCUT2D eigenvalue weighted by molar-refractivity contribution is 5.79. The Balaban J connectivity index is 2.03. The van der Waals surface area contributed by atoms with Crippen LogP contribution in [-0.2, 0) is 4.79 Å². The summed E-state index contributed by atoms with van der Waals surface area (Å²) in [7, 11) is 0. The number of nitrogens with zero attached hydrogens (tertiary/aromatic N) is 1. The number of hydrogen-bond donors (Lipinski definition) is 2. The lowest BCUT2D eigenvalue weighted by Crippen LogP contribution is -2.58. The standard InChI is InChI=1S/C17H32N2O2/c1-3-5-12-19(14-8-9-14)15-7-6-10-17(13-15,16(20)21)18-11-4-2/h14-15,18H,3-13H2,1-2H3,(H,20,21). The van der Waals surface area contributed by atoms with Crippen LogP contribution in [0.25, 0.3) is 0 Å². The number of unbranched alkanes of at least 4 members (excludes halogenated alkanes) is 1. The summed E-state index contributed by atoms with van der Waals surface area (Å²) < 4.78 is 0. The molecule has 4 heteroatoms. The molecule has 2 N–H and O–H groups in total. The van der Waals surface area contributed by atoms with E-state index < -0.39 is 11.5 Å². The largest absolute Gasteiger partial charge is 0.480 e. The van der Waals surface area contributed by atoms with Gasteiger partial charge in [0.05, 0.1) is 0 Å². The fraction of sp³-hybridized carbons (Fsp3) is 0.941. The molecule has 0 saturated heterocycles. The number of aliphatic carboxylic acids is 1. The number of carboxylic acids is 1. The third-order valence-electron chi connectivity index (χ3n) is 5.10. The van der Waals surface area contributed by atoms with Gasteiger partial charge in [-0.3, -0.25) is 9.69 Å². The molecule has 21 heavy (non-hydrogen) atoms.